The summed E-state index contributed by atoms with van der Waals surface area (Å²) in [6.07, 6.45) is -6.41. The van der Waals surface area contributed by atoms with Gasteiger partial charge >= 0.3 is 18.2 Å². The third-order valence-electron chi connectivity index (χ3n) is 5.66. The van der Waals surface area contributed by atoms with Gasteiger partial charge in [0.15, 0.2) is 0 Å². The monoisotopic (exact) mass is 519 g/mol. The summed E-state index contributed by atoms with van der Waals surface area (Å²) in [7, 11) is 1.23. The van der Waals surface area contributed by atoms with Crippen molar-refractivity contribution in [1.82, 2.24) is 4.90 Å². The lowest BCUT2D eigenvalue weighted by Crippen LogP contribution is -2.31. The molecule has 0 saturated heterocycles. The molecule has 6 nitrogen and oxygen atoms in total. The normalized spacial score (nSPS) is 11.2. The van der Waals surface area contributed by atoms with Gasteiger partial charge in [-0.2, -0.15) is 13.2 Å². The fourth-order valence-electron chi connectivity index (χ4n) is 3.93. The number of alkyl halides is 3. The Hall–Kier alpha value is -4.08. The number of carbonyl (C=O) groups excluding carboxylic acids is 1. The number of hydrogen-bond acceptors (Lipinski definition) is 4. The highest BCUT2D eigenvalue weighted by Gasteiger charge is 2.39. The zero-order valence-electron chi connectivity index (χ0n) is 20.1. The van der Waals surface area contributed by atoms with Crippen LogP contribution in [0.4, 0.5) is 22.4 Å². The van der Waals surface area contributed by atoms with Crippen LogP contribution >= 0.6 is 0 Å². The minimum Gasteiger partial charge on any atom is -0.496 e. The zero-order valence-corrected chi connectivity index (χ0v) is 20.1. The Morgan fingerprint density at radius 1 is 0.973 bits per heavy atom. The Balaban J connectivity index is 1.99. The Kier molecular flexibility index (Phi) is 8.75. The van der Waals surface area contributed by atoms with Gasteiger partial charge in [0.1, 0.15) is 18.2 Å². The first-order valence-corrected chi connectivity index (χ1v) is 11.3. The number of rotatable bonds is 9. The second-order valence-corrected chi connectivity index (χ2v) is 8.10. The van der Waals surface area contributed by atoms with Crippen molar-refractivity contribution in [2.45, 2.75) is 32.7 Å². The summed E-state index contributed by atoms with van der Waals surface area (Å²) < 4.78 is 66.5. The molecule has 0 atom stereocenters. The molecular formula is C27H25F4NO5. The Morgan fingerprint density at radius 2 is 1.65 bits per heavy atom. The van der Waals surface area contributed by atoms with Crippen LogP contribution in [0, 0.1) is 5.82 Å². The van der Waals surface area contributed by atoms with Crippen molar-refractivity contribution < 1.29 is 41.7 Å². The van der Waals surface area contributed by atoms with Crippen LogP contribution in [0.25, 0.3) is 11.1 Å². The summed E-state index contributed by atoms with van der Waals surface area (Å²) in [6.45, 7) is 1.69. The van der Waals surface area contributed by atoms with Gasteiger partial charge in [0.25, 0.3) is 0 Å². The van der Waals surface area contributed by atoms with E-state index >= 15 is 0 Å². The van der Waals surface area contributed by atoms with E-state index in [1.807, 2.05) is 0 Å². The average molecular weight is 519 g/mol. The lowest BCUT2D eigenvalue weighted by atomic mass is 9.89. The summed E-state index contributed by atoms with van der Waals surface area (Å²) in [6, 6.07) is 14.0. The number of carbonyl (C=O) groups is 2. The van der Waals surface area contributed by atoms with E-state index in [0.29, 0.717) is 11.1 Å². The van der Waals surface area contributed by atoms with Crippen molar-refractivity contribution >= 4 is 12.1 Å². The molecule has 0 heterocycles. The molecule has 1 amide bonds. The molecule has 3 aromatic carbocycles. The number of amides is 1. The molecule has 0 spiro atoms. The van der Waals surface area contributed by atoms with Gasteiger partial charge < -0.3 is 19.5 Å². The molecule has 1 N–H and O–H groups in total. The van der Waals surface area contributed by atoms with Crippen LogP contribution < -0.4 is 4.74 Å². The smallest absolute Gasteiger partial charge is 0.417 e. The summed E-state index contributed by atoms with van der Waals surface area (Å²) in [5, 5.41) is 9.18. The molecule has 10 heteroatoms. The Morgan fingerprint density at radius 3 is 2.24 bits per heavy atom. The minimum atomic E-state index is -4.87. The third-order valence-corrected chi connectivity index (χ3v) is 5.66. The van der Waals surface area contributed by atoms with Gasteiger partial charge in [-0.3, -0.25) is 4.79 Å². The molecule has 37 heavy (non-hydrogen) atoms. The predicted octanol–water partition coefficient (Wildman–Crippen LogP) is 6.31. The van der Waals surface area contributed by atoms with Crippen molar-refractivity contribution in [3.05, 3.63) is 88.7 Å². The molecule has 0 fully saturated rings. The van der Waals surface area contributed by atoms with Crippen molar-refractivity contribution in [1.29, 1.82) is 0 Å². The summed E-state index contributed by atoms with van der Waals surface area (Å²) >= 11 is 0. The zero-order chi connectivity index (χ0) is 27.2. The maximum Gasteiger partial charge on any atom is 0.417 e. The first-order chi connectivity index (χ1) is 17.5. The molecule has 196 valence electrons. The molecule has 0 unspecified atom stereocenters. The van der Waals surface area contributed by atoms with Gasteiger partial charge in [0.05, 0.1) is 19.1 Å². The lowest BCUT2D eigenvalue weighted by Gasteiger charge is -2.24. The number of ether oxygens (including phenoxy) is 2. The number of methoxy groups -OCH3 is 1. The number of hydrogen-bond donors (Lipinski definition) is 1. The predicted molar refractivity (Wildman–Crippen MR) is 127 cm³/mol. The van der Waals surface area contributed by atoms with Crippen molar-refractivity contribution in [3.8, 4) is 16.9 Å². The maximum atomic E-state index is 14.3. The number of halogens is 4. The van der Waals surface area contributed by atoms with Crippen molar-refractivity contribution in [3.63, 3.8) is 0 Å². The average Bonchev–Trinajstić information content (AvgIpc) is 2.85. The fraction of sp³-hybridized carbons (Fsp3) is 0.259. The standard InChI is InChI=1S/C27H25F4NO5/c1-3-32(26(35)37-16-17-8-11-20(28)12-9-17)15-19-6-4-5-7-21(19)24-22(36-2)13-10-18(14-23(33)34)25(24)27(29,30)31/h4-13H,3,14-16H2,1-2H3,(H,33,34). The topological polar surface area (TPSA) is 76.1 Å². The summed E-state index contributed by atoms with van der Waals surface area (Å²) in [4.78, 5) is 25.3. The molecule has 0 bridgehead atoms. The van der Waals surface area contributed by atoms with Crippen LogP contribution in [0.1, 0.15) is 29.2 Å². The highest BCUT2D eigenvalue weighted by molar-refractivity contribution is 5.81. The molecule has 3 rings (SSSR count). The van der Waals surface area contributed by atoms with Gasteiger partial charge in [0.2, 0.25) is 0 Å². The van der Waals surface area contributed by atoms with Crippen LogP contribution in [-0.4, -0.2) is 35.7 Å². The van der Waals surface area contributed by atoms with Crippen LogP contribution in [0.3, 0.4) is 0 Å². The van der Waals surface area contributed by atoms with E-state index < -0.39 is 41.6 Å². The van der Waals surface area contributed by atoms with E-state index in [9.17, 15) is 32.3 Å². The Bertz CT molecular complexity index is 1260. The molecule has 0 aliphatic rings. The number of carboxylic acid groups (broad SMARTS) is 1. The van der Waals surface area contributed by atoms with Gasteiger partial charge in [-0.15, -0.1) is 0 Å². The van der Waals surface area contributed by atoms with E-state index in [4.69, 9.17) is 9.47 Å². The van der Waals surface area contributed by atoms with Crippen LogP contribution in [0.5, 0.6) is 5.75 Å². The van der Waals surface area contributed by atoms with Crippen LogP contribution in [0.15, 0.2) is 60.7 Å². The largest absolute Gasteiger partial charge is 0.496 e. The molecule has 0 aromatic heterocycles. The van der Waals surface area contributed by atoms with E-state index in [1.54, 1.807) is 25.1 Å². The van der Waals surface area contributed by atoms with Crippen molar-refractivity contribution in [2.75, 3.05) is 13.7 Å². The first kappa shape index (κ1) is 27.5. The SMILES string of the molecule is CCN(Cc1ccccc1-c1c(OC)ccc(CC(=O)O)c1C(F)(F)F)C(=O)OCc1ccc(F)cc1. The number of carboxylic acids is 1. The summed E-state index contributed by atoms with van der Waals surface area (Å²) in [5.41, 5.74) is -0.732. The number of nitrogens with zero attached hydrogens (tertiary/aromatic N) is 1. The van der Waals surface area contributed by atoms with Gasteiger partial charge in [-0.25, -0.2) is 9.18 Å². The quantitative estimate of drug-likeness (QED) is 0.336. The molecule has 3 aromatic rings. The maximum absolute atomic E-state index is 14.3. The number of aliphatic carboxylic acids is 1. The highest BCUT2D eigenvalue weighted by atomic mass is 19.4. The van der Waals surface area contributed by atoms with E-state index in [0.717, 1.165) is 6.07 Å². The van der Waals surface area contributed by atoms with Gasteiger partial charge in [-0.1, -0.05) is 42.5 Å². The molecule has 0 aliphatic heterocycles. The third kappa shape index (κ3) is 6.78. The highest BCUT2D eigenvalue weighted by Crippen LogP contribution is 2.45. The molecule has 0 saturated carbocycles. The first-order valence-electron chi connectivity index (χ1n) is 11.3. The molecule has 0 aliphatic carbocycles. The number of benzene rings is 3. The van der Waals surface area contributed by atoms with Crippen LogP contribution in [0.2, 0.25) is 0 Å². The Labute approximate surface area is 211 Å². The molecule has 0 radical (unpaired) electrons. The van der Waals surface area contributed by atoms with Crippen molar-refractivity contribution in [2.24, 2.45) is 0 Å². The second kappa shape index (κ2) is 11.8. The fourth-order valence-corrected chi connectivity index (χ4v) is 3.93. The van der Waals surface area contributed by atoms with E-state index in [2.05, 4.69) is 0 Å². The molecular weight excluding hydrogens is 494 g/mol. The van der Waals surface area contributed by atoms with E-state index in [-0.39, 0.29) is 36.6 Å². The van der Waals surface area contributed by atoms with Crippen LogP contribution in [-0.2, 0) is 35.3 Å². The lowest BCUT2D eigenvalue weighted by molar-refractivity contribution is -0.139. The van der Waals surface area contributed by atoms with Gasteiger partial charge in [0, 0.05) is 18.7 Å². The van der Waals surface area contributed by atoms with E-state index in [1.165, 1.54) is 48.4 Å². The minimum absolute atomic E-state index is 0.0848. The second-order valence-electron chi connectivity index (χ2n) is 8.10. The summed E-state index contributed by atoms with van der Waals surface area (Å²) in [5.74, 6) is -1.92. The van der Waals surface area contributed by atoms with Gasteiger partial charge in [-0.05, 0) is 47.4 Å².